The van der Waals surface area contributed by atoms with E-state index < -0.39 is 5.97 Å². The molecular formula is C22H41NO3. The molecule has 0 saturated carbocycles. The van der Waals surface area contributed by atoms with Crippen molar-refractivity contribution >= 4 is 11.9 Å². The maximum Gasteiger partial charge on any atom is 0.322 e. The van der Waals surface area contributed by atoms with Gasteiger partial charge in [0.2, 0.25) is 5.91 Å². The number of carboxylic acid groups (broad SMARTS) is 1. The summed E-state index contributed by atoms with van der Waals surface area (Å²) in [6.07, 6.45) is 12.7. The molecule has 152 valence electrons. The largest absolute Gasteiger partial charge is 0.480 e. The molecule has 2 atom stereocenters. The van der Waals surface area contributed by atoms with Crippen molar-refractivity contribution in [3.63, 3.8) is 0 Å². The van der Waals surface area contributed by atoms with Crippen LogP contribution in [0, 0.1) is 17.8 Å². The summed E-state index contributed by atoms with van der Waals surface area (Å²) >= 11 is 0. The first kappa shape index (κ1) is 24.7. The molecule has 0 aromatic rings. The fourth-order valence-corrected chi connectivity index (χ4v) is 3.22. The molecule has 0 bridgehead atoms. The van der Waals surface area contributed by atoms with Gasteiger partial charge >= 0.3 is 5.97 Å². The van der Waals surface area contributed by atoms with Crippen molar-refractivity contribution in [2.45, 2.75) is 92.4 Å². The van der Waals surface area contributed by atoms with Gasteiger partial charge in [-0.2, -0.15) is 0 Å². The zero-order valence-electron chi connectivity index (χ0n) is 17.6. The second kappa shape index (κ2) is 14.8. The van der Waals surface area contributed by atoms with Crippen LogP contribution in [-0.2, 0) is 9.59 Å². The van der Waals surface area contributed by atoms with Crippen molar-refractivity contribution in [3.05, 3.63) is 11.6 Å². The van der Waals surface area contributed by atoms with Gasteiger partial charge in [0.15, 0.2) is 0 Å². The number of rotatable bonds is 15. The van der Waals surface area contributed by atoms with E-state index in [1.54, 1.807) is 0 Å². The zero-order valence-corrected chi connectivity index (χ0v) is 17.6. The van der Waals surface area contributed by atoms with Crippen LogP contribution in [0.4, 0.5) is 0 Å². The van der Waals surface area contributed by atoms with Gasteiger partial charge in [0.1, 0.15) is 6.54 Å². The second-order valence-corrected chi connectivity index (χ2v) is 8.46. The summed E-state index contributed by atoms with van der Waals surface area (Å²) in [5.74, 6) is 1.06. The molecule has 0 aromatic heterocycles. The van der Waals surface area contributed by atoms with Gasteiger partial charge in [-0.15, -0.1) is 0 Å². The van der Waals surface area contributed by atoms with Gasteiger partial charge in [0.05, 0.1) is 0 Å². The van der Waals surface area contributed by atoms with Crippen LogP contribution in [0.25, 0.3) is 0 Å². The minimum absolute atomic E-state index is 0.315. The van der Waals surface area contributed by atoms with Gasteiger partial charge < -0.3 is 10.4 Å². The molecule has 1 amide bonds. The van der Waals surface area contributed by atoms with E-state index in [0.29, 0.717) is 0 Å². The molecule has 0 aliphatic carbocycles. The highest BCUT2D eigenvalue weighted by Crippen LogP contribution is 2.21. The van der Waals surface area contributed by atoms with E-state index in [9.17, 15) is 9.59 Å². The molecule has 0 aliphatic heterocycles. The van der Waals surface area contributed by atoms with E-state index in [1.807, 2.05) is 6.92 Å². The summed E-state index contributed by atoms with van der Waals surface area (Å²) in [4.78, 5) is 21.9. The van der Waals surface area contributed by atoms with E-state index in [2.05, 4.69) is 33.0 Å². The van der Waals surface area contributed by atoms with Gasteiger partial charge in [-0.1, -0.05) is 78.2 Å². The molecule has 2 N–H and O–H groups in total. The zero-order chi connectivity index (χ0) is 19.9. The van der Waals surface area contributed by atoms with E-state index in [0.717, 1.165) is 36.2 Å². The van der Waals surface area contributed by atoms with Crippen molar-refractivity contribution in [2.75, 3.05) is 6.54 Å². The Hall–Kier alpha value is -1.32. The Bertz CT molecular complexity index is 429. The lowest BCUT2D eigenvalue weighted by Crippen LogP contribution is -2.27. The van der Waals surface area contributed by atoms with Crippen LogP contribution >= 0.6 is 0 Å². The lowest BCUT2D eigenvalue weighted by molar-refractivity contribution is -0.137. The van der Waals surface area contributed by atoms with Crippen LogP contribution in [0.3, 0.4) is 0 Å². The number of hydrogen-bond acceptors (Lipinski definition) is 2. The second-order valence-electron chi connectivity index (χ2n) is 8.46. The minimum atomic E-state index is -1.02. The number of nitrogens with one attached hydrogen (secondary N) is 1. The van der Waals surface area contributed by atoms with Crippen molar-refractivity contribution < 1.29 is 14.7 Å². The standard InChI is InChI=1S/C22H41NO3/c1-17(2)9-6-10-18(3)11-7-12-19(4)13-8-14-20(5)15-21(24)23-16-22(25)26/h15,17-19H,6-14,16H2,1-5H3,(H,23,24)(H,25,26)/b20-15+. The number of carbonyl (C=O) groups excluding carboxylic acids is 1. The van der Waals surface area contributed by atoms with Crippen LogP contribution < -0.4 is 5.32 Å². The summed E-state index contributed by atoms with van der Waals surface area (Å²) in [5.41, 5.74) is 1.01. The Labute approximate surface area is 160 Å². The summed E-state index contributed by atoms with van der Waals surface area (Å²) in [6.45, 7) is 10.9. The summed E-state index contributed by atoms with van der Waals surface area (Å²) in [6, 6.07) is 0. The van der Waals surface area contributed by atoms with Crippen LogP contribution in [0.2, 0.25) is 0 Å². The van der Waals surface area contributed by atoms with E-state index in [-0.39, 0.29) is 12.5 Å². The van der Waals surface area contributed by atoms with Crippen molar-refractivity contribution in [2.24, 2.45) is 17.8 Å². The molecular weight excluding hydrogens is 326 g/mol. The first-order chi connectivity index (χ1) is 12.2. The molecule has 0 spiro atoms. The molecule has 0 aromatic carbocycles. The Morgan fingerprint density at radius 3 is 1.88 bits per heavy atom. The van der Waals surface area contributed by atoms with Crippen molar-refractivity contribution in [3.8, 4) is 0 Å². The highest BCUT2D eigenvalue weighted by atomic mass is 16.4. The quantitative estimate of drug-likeness (QED) is 0.372. The molecule has 0 rings (SSSR count). The predicted molar refractivity (Wildman–Crippen MR) is 109 cm³/mol. The predicted octanol–water partition coefficient (Wildman–Crippen LogP) is 5.57. The monoisotopic (exact) mass is 367 g/mol. The topological polar surface area (TPSA) is 66.4 Å². The third-order valence-corrected chi connectivity index (χ3v) is 4.93. The SMILES string of the molecule is C/C(=C\C(=O)NCC(=O)O)CCCC(C)CCCC(C)CCCC(C)C. The molecule has 0 saturated heterocycles. The van der Waals surface area contributed by atoms with E-state index in [1.165, 1.54) is 51.0 Å². The molecule has 4 nitrogen and oxygen atoms in total. The van der Waals surface area contributed by atoms with Crippen LogP contribution in [0.15, 0.2) is 11.6 Å². The maximum atomic E-state index is 11.5. The number of hydrogen-bond donors (Lipinski definition) is 2. The minimum Gasteiger partial charge on any atom is -0.480 e. The van der Waals surface area contributed by atoms with Gasteiger partial charge in [0.25, 0.3) is 0 Å². The number of carboxylic acids is 1. The summed E-state index contributed by atoms with van der Waals surface area (Å²) < 4.78 is 0. The fraction of sp³-hybridized carbons (Fsp3) is 0.818. The Balaban J connectivity index is 3.76. The summed E-state index contributed by atoms with van der Waals surface area (Å²) in [7, 11) is 0. The smallest absolute Gasteiger partial charge is 0.322 e. The average Bonchev–Trinajstić information content (AvgIpc) is 2.52. The maximum absolute atomic E-state index is 11.5. The third kappa shape index (κ3) is 16.2. The van der Waals surface area contributed by atoms with Gasteiger partial charge in [0, 0.05) is 6.08 Å². The van der Waals surface area contributed by atoms with Crippen LogP contribution in [-0.4, -0.2) is 23.5 Å². The average molecular weight is 368 g/mol. The molecule has 26 heavy (non-hydrogen) atoms. The van der Waals surface area contributed by atoms with Gasteiger partial charge in [-0.25, -0.2) is 0 Å². The lowest BCUT2D eigenvalue weighted by Gasteiger charge is -2.15. The Kier molecular flexibility index (Phi) is 14.1. The van der Waals surface area contributed by atoms with Crippen molar-refractivity contribution in [1.29, 1.82) is 0 Å². The molecule has 0 fully saturated rings. The lowest BCUT2D eigenvalue weighted by atomic mass is 9.91. The number of aliphatic carboxylic acids is 1. The molecule has 4 heteroatoms. The number of amides is 1. The fourth-order valence-electron chi connectivity index (χ4n) is 3.22. The first-order valence-corrected chi connectivity index (χ1v) is 10.4. The molecule has 0 heterocycles. The number of carbonyl (C=O) groups is 2. The molecule has 2 unspecified atom stereocenters. The van der Waals surface area contributed by atoms with Gasteiger partial charge in [-0.05, 0) is 37.5 Å². The molecule has 0 aliphatic rings. The normalized spacial score (nSPS) is 14.3. The van der Waals surface area contributed by atoms with Crippen molar-refractivity contribution in [1.82, 2.24) is 5.32 Å². The van der Waals surface area contributed by atoms with Crippen LogP contribution in [0.1, 0.15) is 92.4 Å². The highest BCUT2D eigenvalue weighted by molar-refractivity contribution is 5.90. The first-order valence-electron chi connectivity index (χ1n) is 10.4. The number of allylic oxidation sites excluding steroid dienone is 1. The van der Waals surface area contributed by atoms with Crippen LogP contribution in [0.5, 0.6) is 0 Å². The Morgan fingerprint density at radius 2 is 1.38 bits per heavy atom. The van der Waals surface area contributed by atoms with E-state index in [4.69, 9.17) is 5.11 Å². The van der Waals surface area contributed by atoms with Gasteiger partial charge in [-0.3, -0.25) is 9.59 Å². The Morgan fingerprint density at radius 1 is 0.885 bits per heavy atom. The summed E-state index contributed by atoms with van der Waals surface area (Å²) in [5, 5.41) is 10.9. The highest BCUT2D eigenvalue weighted by Gasteiger charge is 2.07. The molecule has 0 radical (unpaired) electrons. The third-order valence-electron chi connectivity index (χ3n) is 4.93. The van der Waals surface area contributed by atoms with E-state index >= 15 is 0 Å².